The average molecular weight is 251 g/mol. The van der Waals surface area contributed by atoms with Crippen molar-refractivity contribution in [2.24, 2.45) is 5.92 Å². The molecule has 0 spiro atoms. The first-order valence-electron chi connectivity index (χ1n) is 7.03. The van der Waals surface area contributed by atoms with E-state index in [1.165, 1.54) is 24.1 Å². The predicted octanol–water partition coefficient (Wildman–Crippen LogP) is 2.38. The van der Waals surface area contributed by atoms with E-state index < -0.39 is 0 Å². The highest BCUT2D eigenvalue weighted by Gasteiger charge is 2.21. The van der Waals surface area contributed by atoms with E-state index in [1.54, 1.807) is 0 Å². The maximum atomic E-state index is 5.70. The lowest BCUT2D eigenvalue weighted by atomic mass is 10.2. The molecule has 0 atom stereocenters. The van der Waals surface area contributed by atoms with E-state index in [4.69, 9.17) is 4.74 Å². The summed E-state index contributed by atoms with van der Waals surface area (Å²) in [4.78, 5) is 0. The third kappa shape index (κ3) is 3.56. The van der Waals surface area contributed by atoms with Gasteiger partial charge in [-0.3, -0.25) is 0 Å². The van der Waals surface area contributed by atoms with Crippen LogP contribution in [0.4, 0.5) is 0 Å². The fourth-order valence-corrected chi connectivity index (χ4v) is 2.10. The molecule has 1 N–H and O–H groups in total. The summed E-state index contributed by atoms with van der Waals surface area (Å²) < 4.78 is 7.69. The Morgan fingerprint density at radius 2 is 2.17 bits per heavy atom. The van der Waals surface area contributed by atoms with Crippen LogP contribution in [0.25, 0.3) is 0 Å². The Balaban J connectivity index is 1.87. The summed E-state index contributed by atoms with van der Waals surface area (Å²) >= 11 is 0. The molecule has 1 aromatic rings. The van der Waals surface area contributed by atoms with E-state index >= 15 is 0 Å². The highest BCUT2D eigenvalue weighted by molar-refractivity contribution is 5.24. The second kappa shape index (κ2) is 6.34. The van der Waals surface area contributed by atoms with E-state index in [9.17, 15) is 0 Å². The Bertz CT molecular complexity index is 383. The fraction of sp³-hybridized carbons (Fsp3) is 0.786. The molecule has 18 heavy (non-hydrogen) atoms. The van der Waals surface area contributed by atoms with Crippen molar-refractivity contribution in [2.45, 2.75) is 53.3 Å². The molecule has 1 fully saturated rings. The minimum Gasteiger partial charge on any atom is -0.359 e. The number of nitrogens with one attached hydrogen (secondary N) is 1. The minimum atomic E-state index is 0.594. The normalized spacial score (nSPS) is 15.3. The van der Waals surface area contributed by atoms with Crippen LogP contribution in [-0.4, -0.2) is 22.9 Å². The molecule has 4 nitrogen and oxygen atoms in total. The van der Waals surface area contributed by atoms with Gasteiger partial charge in [-0.05, 0) is 45.6 Å². The van der Waals surface area contributed by atoms with Crippen LogP contribution in [-0.2, 0) is 18.0 Å². The zero-order valence-electron chi connectivity index (χ0n) is 11.8. The molecule has 0 bridgehead atoms. The minimum absolute atomic E-state index is 0.594. The smallest absolute Gasteiger partial charge is 0.139 e. The second-order valence-corrected chi connectivity index (χ2v) is 5.27. The van der Waals surface area contributed by atoms with Crippen molar-refractivity contribution in [1.82, 2.24) is 15.1 Å². The van der Waals surface area contributed by atoms with Crippen LogP contribution < -0.4 is 5.32 Å². The molecule has 0 radical (unpaired) electrons. The standard InChI is InChI=1S/C14H25N3O/c1-4-7-15-8-14-11(2)16-17(12(14)3)10-18-9-13-5-6-13/h13,15H,4-10H2,1-3H3. The monoisotopic (exact) mass is 251 g/mol. The molecule has 0 unspecified atom stereocenters. The van der Waals surface area contributed by atoms with Crippen LogP contribution in [0.2, 0.25) is 0 Å². The van der Waals surface area contributed by atoms with Crippen molar-refractivity contribution in [1.29, 1.82) is 0 Å². The molecule has 0 amide bonds. The van der Waals surface area contributed by atoms with Crippen LogP contribution in [0.5, 0.6) is 0 Å². The van der Waals surface area contributed by atoms with Gasteiger partial charge >= 0.3 is 0 Å². The number of hydrogen-bond donors (Lipinski definition) is 1. The number of aryl methyl sites for hydroxylation is 1. The van der Waals surface area contributed by atoms with Crippen molar-refractivity contribution in [3.05, 3.63) is 17.0 Å². The van der Waals surface area contributed by atoms with E-state index in [0.29, 0.717) is 6.73 Å². The van der Waals surface area contributed by atoms with E-state index in [-0.39, 0.29) is 0 Å². The highest BCUT2D eigenvalue weighted by Crippen LogP contribution is 2.28. The van der Waals surface area contributed by atoms with Gasteiger partial charge in [0.25, 0.3) is 0 Å². The van der Waals surface area contributed by atoms with Crippen molar-refractivity contribution in [3.8, 4) is 0 Å². The van der Waals surface area contributed by atoms with Gasteiger partial charge in [0, 0.05) is 17.8 Å². The van der Waals surface area contributed by atoms with Crippen LogP contribution in [0.15, 0.2) is 0 Å². The van der Waals surface area contributed by atoms with Gasteiger partial charge in [0.15, 0.2) is 0 Å². The van der Waals surface area contributed by atoms with E-state index in [1.807, 2.05) is 4.68 Å². The van der Waals surface area contributed by atoms with E-state index in [0.717, 1.165) is 37.7 Å². The van der Waals surface area contributed by atoms with Gasteiger partial charge in [-0.25, -0.2) is 4.68 Å². The quantitative estimate of drug-likeness (QED) is 0.721. The van der Waals surface area contributed by atoms with Crippen LogP contribution in [0.3, 0.4) is 0 Å². The number of ether oxygens (including phenoxy) is 1. The SMILES string of the molecule is CCCNCc1c(C)nn(COCC2CC2)c1C. The molecule has 0 saturated heterocycles. The molecule has 1 aliphatic rings. The summed E-state index contributed by atoms with van der Waals surface area (Å²) in [6.07, 6.45) is 3.84. The van der Waals surface area contributed by atoms with Crippen molar-refractivity contribution in [2.75, 3.05) is 13.2 Å². The topological polar surface area (TPSA) is 39.1 Å². The van der Waals surface area contributed by atoms with Gasteiger partial charge in [-0.1, -0.05) is 6.92 Å². The summed E-state index contributed by atoms with van der Waals surface area (Å²) in [6.45, 7) is 9.84. The van der Waals surface area contributed by atoms with Gasteiger partial charge in [0.1, 0.15) is 6.73 Å². The first kappa shape index (κ1) is 13.6. The lowest BCUT2D eigenvalue weighted by Crippen LogP contribution is -2.15. The van der Waals surface area contributed by atoms with Gasteiger partial charge in [-0.2, -0.15) is 5.10 Å². The fourth-order valence-electron chi connectivity index (χ4n) is 2.10. The largest absolute Gasteiger partial charge is 0.359 e. The van der Waals surface area contributed by atoms with Gasteiger partial charge in [0.05, 0.1) is 12.3 Å². The third-order valence-corrected chi connectivity index (χ3v) is 3.52. The zero-order valence-corrected chi connectivity index (χ0v) is 11.8. The Labute approximate surface area is 110 Å². The maximum Gasteiger partial charge on any atom is 0.139 e. The third-order valence-electron chi connectivity index (χ3n) is 3.52. The second-order valence-electron chi connectivity index (χ2n) is 5.27. The van der Waals surface area contributed by atoms with Crippen LogP contribution >= 0.6 is 0 Å². The lowest BCUT2D eigenvalue weighted by Gasteiger charge is -2.07. The lowest BCUT2D eigenvalue weighted by molar-refractivity contribution is 0.0597. The number of rotatable bonds is 8. The number of nitrogens with zero attached hydrogens (tertiary/aromatic N) is 2. The molecule has 1 aliphatic carbocycles. The van der Waals surface area contributed by atoms with Gasteiger partial charge in [0.2, 0.25) is 0 Å². The maximum absolute atomic E-state index is 5.70. The molecule has 1 aromatic heterocycles. The summed E-state index contributed by atoms with van der Waals surface area (Å²) in [5.74, 6) is 0.813. The molecule has 4 heteroatoms. The molecule has 0 aromatic carbocycles. The number of hydrogen-bond acceptors (Lipinski definition) is 3. The predicted molar refractivity (Wildman–Crippen MR) is 72.4 cm³/mol. The Morgan fingerprint density at radius 1 is 1.39 bits per heavy atom. The van der Waals surface area contributed by atoms with E-state index in [2.05, 4.69) is 31.2 Å². The Kier molecular flexibility index (Phi) is 4.78. The first-order chi connectivity index (χ1) is 8.72. The molecule has 1 saturated carbocycles. The van der Waals surface area contributed by atoms with Crippen molar-refractivity contribution >= 4 is 0 Å². The molecule has 102 valence electrons. The van der Waals surface area contributed by atoms with Gasteiger partial charge < -0.3 is 10.1 Å². The summed E-state index contributed by atoms with van der Waals surface area (Å²) in [5.41, 5.74) is 3.66. The zero-order chi connectivity index (χ0) is 13.0. The Morgan fingerprint density at radius 3 is 2.83 bits per heavy atom. The molecule has 0 aliphatic heterocycles. The molecular weight excluding hydrogens is 226 g/mol. The summed E-state index contributed by atoms with van der Waals surface area (Å²) in [7, 11) is 0. The average Bonchev–Trinajstić information content (AvgIpc) is 3.12. The first-order valence-corrected chi connectivity index (χ1v) is 7.03. The Hall–Kier alpha value is -0.870. The number of aromatic nitrogens is 2. The molecule has 2 rings (SSSR count). The van der Waals surface area contributed by atoms with Crippen molar-refractivity contribution in [3.63, 3.8) is 0 Å². The molecule has 1 heterocycles. The van der Waals surface area contributed by atoms with Crippen LogP contribution in [0, 0.1) is 19.8 Å². The van der Waals surface area contributed by atoms with Crippen LogP contribution in [0.1, 0.15) is 43.1 Å². The highest BCUT2D eigenvalue weighted by atomic mass is 16.5. The summed E-state index contributed by atoms with van der Waals surface area (Å²) in [6, 6.07) is 0. The summed E-state index contributed by atoms with van der Waals surface area (Å²) in [5, 5.41) is 7.99. The molecular formula is C14H25N3O. The van der Waals surface area contributed by atoms with Crippen molar-refractivity contribution < 1.29 is 4.74 Å². The van der Waals surface area contributed by atoms with Gasteiger partial charge in [-0.15, -0.1) is 0 Å².